The van der Waals surface area contributed by atoms with Gasteiger partial charge >= 0.3 is 0 Å². The van der Waals surface area contributed by atoms with Crippen molar-refractivity contribution in [2.24, 2.45) is 5.92 Å². The van der Waals surface area contributed by atoms with E-state index in [9.17, 15) is 0 Å². The zero-order chi connectivity index (χ0) is 11.9. The van der Waals surface area contributed by atoms with E-state index in [0.717, 1.165) is 19.1 Å². The molecule has 2 heteroatoms. The number of anilines is 1. The SMILES string of the molecule is CC1CCCCC1OCCNc1ccccc1. The topological polar surface area (TPSA) is 21.3 Å². The van der Waals surface area contributed by atoms with Crippen molar-refractivity contribution in [3.63, 3.8) is 0 Å². The van der Waals surface area contributed by atoms with Crippen molar-refractivity contribution in [3.05, 3.63) is 30.3 Å². The molecule has 2 unspecified atom stereocenters. The van der Waals surface area contributed by atoms with Crippen molar-refractivity contribution in [1.29, 1.82) is 0 Å². The van der Waals surface area contributed by atoms with Gasteiger partial charge in [0.1, 0.15) is 0 Å². The van der Waals surface area contributed by atoms with Crippen molar-refractivity contribution in [1.82, 2.24) is 0 Å². The van der Waals surface area contributed by atoms with Gasteiger partial charge in [0.05, 0.1) is 12.7 Å². The Kier molecular flexibility index (Phi) is 4.87. The normalized spacial score (nSPS) is 24.5. The summed E-state index contributed by atoms with van der Waals surface area (Å²) in [7, 11) is 0. The van der Waals surface area contributed by atoms with Gasteiger partial charge in [0.2, 0.25) is 0 Å². The number of hydrogen-bond acceptors (Lipinski definition) is 2. The maximum absolute atomic E-state index is 5.95. The number of ether oxygens (including phenoxy) is 1. The van der Waals surface area contributed by atoms with E-state index in [-0.39, 0.29) is 0 Å². The highest BCUT2D eigenvalue weighted by Gasteiger charge is 2.21. The van der Waals surface area contributed by atoms with Crippen LogP contribution in [-0.4, -0.2) is 19.3 Å². The lowest BCUT2D eigenvalue weighted by Crippen LogP contribution is -2.27. The van der Waals surface area contributed by atoms with Crippen molar-refractivity contribution in [3.8, 4) is 0 Å². The number of nitrogens with one attached hydrogen (secondary N) is 1. The third kappa shape index (κ3) is 4.04. The summed E-state index contributed by atoms with van der Waals surface area (Å²) in [4.78, 5) is 0. The molecule has 1 aromatic carbocycles. The van der Waals surface area contributed by atoms with E-state index in [2.05, 4.69) is 24.4 Å². The fourth-order valence-electron chi connectivity index (χ4n) is 2.49. The van der Waals surface area contributed by atoms with Crippen LogP contribution < -0.4 is 5.32 Å². The second-order valence-electron chi connectivity index (χ2n) is 4.96. The molecule has 2 atom stereocenters. The zero-order valence-corrected chi connectivity index (χ0v) is 10.7. The first-order chi connectivity index (χ1) is 8.36. The quantitative estimate of drug-likeness (QED) is 0.783. The minimum atomic E-state index is 0.487. The molecule has 0 bridgehead atoms. The number of para-hydroxylation sites is 1. The lowest BCUT2D eigenvalue weighted by Gasteiger charge is -2.28. The van der Waals surface area contributed by atoms with E-state index in [4.69, 9.17) is 4.74 Å². The molecular formula is C15H23NO. The van der Waals surface area contributed by atoms with Gasteiger partial charge < -0.3 is 10.1 Å². The first kappa shape index (κ1) is 12.4. The molecule has 1 N–H and O–H groups in total. The van der Waals surface area contributed by atoms with Crippen LogP contribution in [0.2, 0.25) is 0 Å². The third-order valence-electron chi connectivity index (χ3n) is 3.57. The summed E-state index contributed by atoms with van der Waals surface area (Å²) in [5.41, 5.74) is 1.17. The van der Waals surface area contributed by atoms with Crippen molar-refractivity contribution in [2.75, 3.05) is 18.5 Å². The number of rotatable bonds is 5. The molecule has 0 spiro atoms. The molecule has 0 aliphatic heterocycles. The fourth-order valence-corrected chi connectivity index (χ4v) is 2.49. The van der Waals surface area contributed by atoms with Crippen molar-refractivity contribution < 1.29 is 4.74 Å². The number of benzene rings is 1. The van der Waals surface area contributed by atoms with E-state index in [1.54, 1.807) is 0 Å². The van der Waals surface area contributed by atoms with Gasteiger partial charge in [0, 0.05) is 12.2 Å². The second-order valence-corrected chi connectivity index (χ2v) is 4.96. The van der Waals surface area contributed by atoms with Crippen molar-refractivity contribution in [2.45, 2.75) is 38.7 Å². The summed E-state index contributed by atoms with van der Waals surface area (Å²) in [6, 6.07) is 10.3. The van der Waals surface area contributed by atoms with Crippen LogP contribution in [-0.2, 0) is 4.74 Å². The summed E-state index contributed by atoms with van der Waals surface area (Å²) in [5, 5.41) is 3.37. The summed E-state index contributed by atoms with van der Waals surface area (Å²) in [6.07, 6.45) is 5.77. The van der Waals surface area contributed by atoms with E-state index >= 15 is 0 Å². The average Bonchev–Trinajstić information content (AvgIpc) is 2.38. The van der Waals surface area contributed by atoms with Crippen LogP contribution in [0.3, 0.4) is 0 Å². The average molecular weight is 233 g/mol. The Balaban J connectivity index is 1.63. The predicted octanol–water partition coefficient (Wildman–Crippen LogP) is 3.69. The molecule has 1 aliphatic carbocycles. The van der Waals surface area contributed by atoms with Gasteiger partial charge in [-0.1, -0.05) is 38.0 Å². The molecule has 0 radical (unpaired) electrons. The standard InChI is InChI=1S/C15H23NO/c1-13-7-5-6-10-15(13)17-12-11-16-14-8-3-2-4-9-14/h2-4,8-9,13,15-16H,5-7,10-12H2,1H3. The second kappa shape index (κ2) is 6.65. The first-order valence-electron chi connectivity index (χ1n) is 6.77. The summed E-state index contributed by atoms with van der Waals surface area (Å²) in [6.45, 7) is 4.02. The highest BCUT2D eigenvalue weighted by atomic mass is 16.5. The first-order valence-corrected chi connectivity index (χ1v) is 6.77. The molecule has 94 valence electrons. The third-order valence-corrected chi connectivity index (χ3v) is 3.57. The Morgan fingerprint density at radius 2 is 1.94 bits per heavy atom. The maximum atomic E-state index is 5.95. The van der Waals surface area contributed by atoms with Crippen LogP contribution in [0, 0.1) is 5.92 Å². The molecule has 0 saturated heterocycles. The Morgan fingerprint density at radius 1 is 1.18 bits per heavy atom. The summed E-state index contributed by atoms with van der Waals surface area (Å²) >= 11 is 0. The largest absolute Gasteiger partial charge is 0.383 e. The van der Waals surface area contributed by atoms with E-state index in [1.807, 2.05) is 18.2 Å². The Hall–Kier alpha value is -1.02. The predicted molar refractivity (Wildman–Crippen MR) is 72.3 cm³/mol. The highest BCUT2D eigenvalue weighted by molar-refractivity contribution is 5.42. The van der Waals surface area contributed by atoms with Gasteiger partial charge in [-0.25, -0.2) is 0 Å². The monoisotopic (exact) mass is 233 g/mol. The Morgan fingerprint density at radius 3 is 2.71 bits per heavy atom. The smallest absolute Gasteiger partial charge is 0.0642 e. The summed E-state index contributed by atoms with van der Waals surface area (Å²) < 4.78 is 5.95. The van der Waals surface area contributed by atoms with Gasteiger partial charge in [-0.3, -0.25) is 0 Å². The van der Waals surface area contributed by atoms with Crippen LogP contribution in [0.5, 0.6) is 0 Å². The molecule has 1 saturated carbocycles. The zero-order valence-electron chi connectivity index (χ0n) is 10.7. The Bertz CT molecular complexity index is 312. The van der Waals surface area contributed by atoms with E-state index < -0.39 is 0 Å². The van der Waals surface area contributed by atoms with Gasteiger partial charge in [-0.2, -0.15) is 0 Å². The van der Waals surface area contributed by atoms with Crippen LogP contribution in [0.15, 0.2) is 30.3 Å². The lowest BCUT2D eigenvalue weighted by atomic mass is 9.88. The minimum absolute atomic E-state index is 0.487. The van der Waals surface area contributed by atoms with Crippen LogP contribution in [0.4, 0.5) is 5.69 Å². The Labute approximate surface area is 104 Å². The van der Waals surface area contributed by atoms with Gasteiger partial charge in [0.15, 0.2) is 0 Å². The van der Waals surface area contributed by atoms with Gasteiger partial charge in [-0.15, -0.1) is 0 Å². The molecule has 1 fully saturated rings. The van der Waals surface area contributed by atoms with Gasteiger partial charge in [-0.05, 0) is 30.9 Å². The molecule has 1 aromatic rings. The summed E-state index contributed by atoms with van der Waals surface area (Å²) in [5.74, 6) is 0.737. The number of hydrogen-bond donors (Lipinski definition) is 1. The molecule has 0 aromatic heterocycles. The fraction of sp³-hybridized carbons (Fsp3) is 0.600. The van der Waals surface area contributed by atoms with Gasteiger partial charge in [0.25, 0.3) is 0 Å². The van der Waals surface area contributed by atoms with E-state index in [0.29, 0.717) is 6.10 Å². The minimum Gasteiger partial charge on any atom is -0.383 e. The molecule has 17 heavy (non-hydrogen) atoms. The molecule has 2 nitrogen and oxygen atoms in total. The van der Waals surface area contributed by atoms with Crippen LogP contribution in [0.25, 0.3) is 0 Å². The molecule has 2 rings (SSSR count). The lowest BCUT2D eigenvalue weighted by molar-refractivity contribution is 0.000393. The molecular weight excluding hydrogens is 210 g/mol. The van der Waals surface area contributed by atoms with Crippen LogP contribution >= 0.6 is 0 Å². The maximum Gasteiger partial charge on any atom is 0.0642 e. The molecule has 1 aliphatic rings. The van der Waals surface area contributed by atoms with Crippen molar-refractivity contribution >= 4 is 5.69 Å². The molecule has 0 heterocycles. The molecule has 0 amide bonds. The van der Waals surface area contributed by atoms with Crippen LogP contribution in [0.1, 0.15) is 32.6 Å². The van der Waals surface area contributed by atoms with E-state index in [1.165, 1.54) is 31.4 Å². The highest BCUT2D eigenvalue weighted by Crippen LogP contribution is 2.26.